The van der Waals surface area contributed by atoms with E-state index in [0.29, 0.717) is 0 Å². The summed E-state index contributed by atoms with van der Waals surface area (Å²) in [6.45, 7) is 9.36. The Labute approximate surface area is 124 Å². The Morgan fingerprint density at radius 3 is 2.45 bits per heavy atom. The highest BCUT2D eigenvalue weighted by Crippen LogP contribution is 2.21. The molecular formula is C16H21FN2S. The maximum Gasteiger partial charge on any atom is 0.123 e. The fourth-order valence-electron chi connectivity index (χ4n) is 1.85. The van der Waals surface area contributed by atoms with Crippen LogP contribution in [0.1, 0.15) is 41.9 Å². The number of nitrogens with one attached hydrogen (secondary N) is 1. The summed E-state index contributed by atoms with van der Waals surface area (Å²) in [5.74, 6) is -0.195. The van der Waals surface area contributed by atoms with Gasteiger partial charge >= 0.3 is 0 Å². The molecule has 1 N–H and O–H groups in total. The highest BCUT2D eigenvalue weighted by atomic mass is 32.1. The number of thiazole rings is 1. The van der Waals surface area contributed by atoms with Gasteiger partial charge in [0, 0.05) is 23.4 Å². The quantitative estimate of drug-likeness (QED) is 0.919. The first-order chi connectivity index (χ1) is 9.33. The van der Waals surface area contributed by atoms with Gasteiger partial charge in [0.15, 0.2) is 0 Å². The molecule has 0 saturated heterocycles. The number of rotatable bonds is 4. The summed E-state index contributed by atoms with van der Waals surface area (Å²) < 4.78 is 12.9. The smallest absolute Gasteiger partial charge is 0.123 e. The second-order valence-electron chi connectivity index (χ2n) is 6.02. The Morgan fingerprint density at radius 1 is 1.20 bits per heavy atom. The van der Waals surface area contributed by atoms with Crippen molar-refractivity contribution in [1.82, 2.24) is 10.3 Å². The summed E-state index contributed by atoms with van der Waals surface area (Å²) in [5.41, 5.74) is 2.28. The van der Waals surface area contributed by atoms with Crippen LogP contribution in [0.15, 0.2) is 24.3 Å². The molecule has 108 valence electrons. The molecule has 0 fully saturated rings. The monoisotopic (exact) mass is 292 g/mol. The van der Waals surface area contributed by atoms with Crippen LogP contribution in [0.3, 0.4) is 0 Å². The van der Waals surface area contributed by atoms with Crippen LogP contribution in [-0.4, -0.2) is 10.5 Å². The summed E-state index contributed by atoms with van der Waals surface area (Å²) >= 11 is 1.73. The predicted molar refractivity (Wildman–Crippen MR) is 82.6 cm³/mol. The molecule has 0 aliphatic carbocycles. The molecule has 0 atom stereocenters. The number of aromatic nitrogens is 1. The summed E-state index contributed by atoms with van der Waals surface area (Å²) in [4.78, 5) is 5.89. The van der Waals surface area contributed by atoms with E-state index < -0.39 is 0 Å². The summed E-state index contributed by atoms with van der Waals surface area (Å²) in [5, 5.41) is 4.57. The average molecular weight is 292 g/mol. The molecule has 0 aliphatic rings. The zero-order valence-corrected chi connectivity index (χ0v) is 13.3. The fourth-order valence-corrected chi connectivity index (χ4v) is 2.89. The van der Waals surface area contributed by atoms with E-state index in [2.05, 4.69) is 31.1 Å². The average Bonchev–Trinajstić information content (AvgIpc) is 2.69. The first-order valence-corrected chi connectivity index (χ1v) is 7.60. The highest BCUT2D eigenvalue weighted by Gasteiger charge is 2.12. The van der Waals surface area contributed by atoms with Crippen molar-refractivity contribution in [1.29, 1.82) is 0 Å². The molecule has 1 aromatic heterocycles. The molecule has 1 heterocycles. The molecule has 0 saturated carbocycles. The lowest BCUT2D eigenvalue weighted by atomic mass is 10.1. The molecular weight excluding hydrogens is 271 g/mol. The summed E-state index contributed by atoms with van der Waals surface area (Å²) in [7, 11) is 0. The van der Waals surface area contributed by atoms with Crippen LogP contribution in [0.25, 0.3) is 0 Å². The van der Waals surface area contributed by atoms with Crippen molar-refractivity contribution in [3.05, 3.63) is 51.2 Å². The first kappa shape index (κ1) is 15.1. The lowest BCUT2D eigenvalue weighted by molar-refractivity contribution is 0.425. The van der Waals surface area contributed by atoms with Crippen molar-refractivity contribution in [2.45, 2.75) is 46.2 Å². The van der Waals surface area contributed by atoms with Crippen LogP contribution >= 0.6 is 11.3 Å². The normalized spacial score (nSPS) is 11.8. The number of hydrogen-bond acceptors (Lipinski definition) is 3. The third-order valence-corrected chi connectivity index (χ3v) is 4.14. The van der Waals surface area contributed by atoms with E-state index >= 15 is 0 Å². The van der Waals surface area contributed by atoms with E-state index in [1.165, 1.54) is 17.0 Å². The van der Waals surface area contributed by atoms with E-state index in [0.717, 1.165) is 29.2 Å². The minimum atomic E-state index is -0.195. The zero-order valence-electron chi connectivity index (χ0n) is 12.5. The van der Waals surface area contributed by atoms with Crippen molar-refractivity contribution >= 4 is 11.3 Å². The van der Waals surface area contributed by atoms with Gasteiger partial charge in [0.2, 0.25) is 0 Å². The first-order valence-electron chi connectivity index (χ1n) is 6.78. The minimum Gasteiger partial charge on any atom is -0.307 e. The third-order valence-electron chi connectivity index (χ3n) is 2.98. The van der Waals surface area contributed by atoms with Crippen LogP contribution < -0.4 is 5.32 Å². The minimum absolute atomic E-state index is 0.105. The maximum absolute atomic E-state index is 12.9. The Kier molecular flexibility index (Phi) is 4.55. The van der Waals surface area contributed by atoms with E-state index in [4.69, 9.17) is 0 Å². The molecule has 1 aromatic carbocycles. The molecule has 0 radical (unpaired) electrons. The Morgan fingerprint density at radius 2 is 1.85 bits per heavy atom. The molecule has 2 nitrogen and oxygen atoms in total. The van der Waals surface area contributed by atoms with Crippen LogP contribution in [0.4, 0.5) is 4.39 Å². The van der Waals surface area contributed by atoms with Gasteiger partial charge in [0.05, 0.1) is 10.7 Å². The predicted octanol–water partition coefficient (Wildman–Crippen LogP) is 4.07. The number of halogens is 1. The topological polar surface area (TPSA) is 24.9 Å². The van der Waals surface area contributed by atoms with Gasteiger partial charge in [0.1, 0.15) is 5.82 Å². The molecule has 0 aliphatic heterocycles. The Balaban J connectivity index is 2.05. The number of aryl methyl sites for hydroxylation is 1. The van der Waals surface area contributed by atoms with Crippen LogP contribution in [0.5, 0.6) is 0 Å². The number of hydrogen-bond donors (Lipinski definition) is 1. The third kappa shape index (κ3) is 4.39. The largest absolute Gasteiger partial charge is 0.307 e. The van der Waals surface area contributed by atoms with E-state index in [1.54, 1.807) is 11.3 Å². The second-order valence-corrected chi connectivity index (χ2v) is 7.19. The van der Waals surface area contributed by atoms with Gasteiger partial charge in [-0.3, -0.25) is 0 Å². The van der Waals surface area contributed by atoms with E-state index in [-0.39, 0.29) is 11.4 Å². The molecule has 0 unspecified atom stereocenters. The van der Waals surface area contributed by atoms with Crippen molar-refractivity contribution < 1.29 is 4.39 Å². The molecule has 2 rings (SSSR count). The van der Waals surface area contributed by atoms with Gasteiger partial charge < -0.3 is 5.32 Å². The van der Waals surface area contributed by atoms with E-state index in [1.807, 2.05) is 19.1 Å². The lowest BCUT2D eigenvalue weighted by Gasteiger charge is -2.19. The van der Waals surface area contributed by atoms with Gasteiger partial charge in [-0.05, 0) is 45.4 Å². The SMILES string of the molecule is Cc1nc(Cc2ccc(F)cc2)sc1CNC(C)(C)C. The summed E-state index contributed by atoms with van der Waals surface area (Å²) in [6, 6.07) is 6.63. The van der Waals surface area contributed by atoms with Gasteiger partial charge in [-0.25, -0.2) is 9.37 Å². The zero-order chi connectivity index (χ0) is 14.8. The highest BCUT2D eigenvalue weighted by molar-refractivity contribution is 7.11. The standard InChI is InChI=1S/C16H21FN2S/c1-11-14(10-18-16(2,3)4)20-15(19-11)9-12-5-7-13(17)8-6-12/h5-8,18H,9-10H2,1-4H3. The van der Waals surface area contributed by atoms with Crippen molar-refractivity contribution in [2.75, 3.05) is 0 Å². The van der Waals surface area contributed by atoms with Crippen molar-refractivity contribution in [2.24, 2.45) is 0 Å². The Hall–Kier alpha value is -1.26. The molecule has 0 spiro atoms. The Bertz CT molecular complexity index is 567. The molecule has 4 heteroatoms. The second kappa shape index (κ2) is 6.02. The number of nitrogens with zero attached hydrogens (tertiary/aromatic N) is 1. The number of benzene rings is 1. The maximum atomic E-state index is 12.9. The molecule has 2 aromatic rings. The van der Waals surface area contributed by atoms with Crippen molar-refractivity contribution in [3.63, 3.8) is 0 Å². The van der Waals surface area contributed by atoms with Crippen LogP contribution in [0.2, 0.25) is 0 Å². The van der Waals surface area contributed by atoms with E-state index in [9.17, 15) is 4.39 Å². The van der Waals surface area contributed by atoms with Crippen LogP contribution in [0, 0.1) is 12.7 Å². The van der Waals surface area contributed by atoms with Gasteiger partial charge in [-0.2, -0.15) is 0 Å². The van der Waals surface area contributed by atoms with Gasteiger partial charge in [-0.1, -0.05) is 12.1 Å². The van der Waals surface area contributed by atoms with Crippen molar-refractivity contribution in [3.8, 4) is 0 Å². The molecule has 0 amide bonds. The molecule has 0 bridgehead atoms. The fraction of sp³-hybridized carbons (Fsp3) is 0.438. The molecule has 20 heavy (non-hydrogen) atoms. The van der Waals surface area contributed by atoms with Crippen LogP contribution in [-0.2, 0) is 13.0 Å². The summed E-state index contributed by atoms with van der Waals surface area (Å²) in [6.07, 6.45) is 0.765. The lowest BCUT2D eigenvalue weighted by Crippen LogP contribution is -2.34. The van der Waals surface area contributed by atoms with Gasteiger partial charge in [-0.15, -0.1) is 11.3 Å². The van der Waals surface area contributed by atoms with Gasteiger partial charge in [0.25, 0.3) is 0 Å².